The van der Waals surface area contributed by atoms with Crippen molar-refractivity contribution >= 4 is 17.7 Å². The van der Waals surface area contributed by atoms with Crippen LogP contribution in [0.4, 0.5) is 10.3 Å². The van der Waals surface area contributed by atoms with Crippen molar-refractivity contribution in [2.45, 2.75) is 11.6 Å². The van der Waals surface area contributed by atoms with E-state index in [2.05, 4.69) is 10.2 Å². The van der Waals surface area contributed by atoms with E-state index in [1.165, 1.54) is 11.8 Å². The number of alkyl halides is 1. The Morgan fingerprint density at radius 1 is 1.58 bits per heavy atom. The van der Waals surface area contributed by atoms with Crippen LogP contribution in [0.1, 0.15) is 6.42 Å². The molecular weight excluding hydrogens is 179 g/mol. The van der Waals surface area contributed by atoms with Crippen LogP contribution in [0.5, 0.6) is 0 Å². The number of anilines is 1. The SMILES string of the molecule is Cn1c(N)nnc1SCCCF. The molecule has 0 aliphatic rings. The summed E-state index contributed by atoms with van der Waals surface area (Å²) in [7, 11) is 1.78. The number of thioether (sulfide) groups is 1. The van der Waals surface area contributed by atoms with Crippen LogP contribution in [0.15, 0.2) is 5.16 Å². The van der Waals surface area contributed by atoms with Gasteiger partial charge >= 0.3 is 0 Å². The first kappa shape index (κ1) is 9.31. The fourth-order valence-electron chi connectivity index (χ4n) is 0.670. The highest BCUT2D eigenvalue weighted by Crippen LogP contribution is 2.16. The summed E-state index contributed by atoms with van der Waals surface area (Å²) in [6.45, 7) is -0.291. The van der Waals surface area contributed by atoms with Crippen LogP contribution >= 0.6 is 11.8 Å². The molecule has 1 aromatic rings. The van der Waals surface area contributed by atoms with Gasteiger partial charge in [0.2, 0.25) is 5.95 Å². The lowest BCUT2D eigenvalue weighted by Gasteiger charge is -1.98. The van der Waals surface area contributed by atoms with Crippen molar-refractivity contribution in [1.82, 2.24) is 14.8 Å². The van der Waals surface area contributed by atoms with Gasteiger partial charge in [0.15, 0.2) is 5.16 Å². The monoisotopic (exact) mass is 190 g/mol. The van der Waals surface area contributed by atoms with Crippen LogP contribution in [-0.2, 0) is 7.05 Å². The van der Waals surface area contributed by atoms with Gasteiger partial charge < -0.3 is 5.73 Å². The molecule has 0 atom stereocenters. The Kier molecular flexibility index (Phi) is 3.33. The molecule has 0 amide bonds. The number of hydrogen-bond donors (Lipinski definition) is 1. The van der Waals surface area contributed by atoms with Crippen LogP contribution in [0.2, 0.25) is 0 Å². The molecule has 0 unspecified atom stereocenters. The molecule has 2 N–H and O–H groups in total. The first-order valence-corrected chi connectivity index (χ1v) is 4.58. The molecule has 1 heterocycles. The van der Waals surface area contributed by atoms with Gasteiger partial charge in [0.05, 0.1) is 6.67 Å². The van der Waals surface area contributed by atoms with E-state index in [9.17, 15) is 4.39 Å². The smallest absolute Gasteiger partial charge is 0.222 e. The molecule has 0 aromatic carbocycles. The van der Waals surface area contributed by atoms with E-state index in [-0.39, 0.29) is 6.67 Å². The minimum Gasteiger partial charge on any atom is -0.368 e. The minimum atomic E-state index is -0.291. The average Bonchev–Trinajstić information content (AvgIpc) is 2.36. The Morgan fingerprint density at radius 2 is 2.33 bits per heavy atom. The van der Waals surface area contributed by atoms with Crippen molar-refractivity contribution in [3.8, 4) is 0 Å². The second kappa shape index (κ2) is 4.30. The Hall–Kier alpha value is -0.780. The fourth-order valence-corrected chi connectivity index (χ4v) is 1.49. The largest absolute Gasteiger partial charge is 0.368 e. The maximum absolute atomic E-state index is 11.7. The van der Waals surface area contributed by atoms with Gasteiger partial charge in [-0.05, 0) is 6.42 Å². The fraction of sp³-hybridized carbons (Fsp3) is 0.667. The highest BCUT2D eigenvalue weighted by atomic mass is 32.2. The van der Waals surface area contributed by atoms with Gasteiger partial charge in [-0.15, -0.1) is 10.2 Å². The Bertz CT molecular complexity index is 250. The lowest BCUT2D eigenvalue weighted by atomic mass is 10.6. The minimum absolute atomic E-state index is 0.291. The number of nitrogens with zero attached hydrogens (tertiary/aromatic N) is 3. The standard InChI is InChI=1S/C6H11FN4S/c1-11-5(8)9-10-6(11)12-4-2-3-7/h2-4H2,1H3,(H2,8,9). The molecule has 1 rings (SSSR count). The molecule has 0 saturated carbocycles. The van der Waals surface area contributed by atoms with Crippen molar-refractivity contribution in [3.05, 3.63) is 0 Å². The van der Waals surface area contributed by atoms with Gasteiger partial charge in [0.1, 0.15) is 0 Å². The lowest BCUT2D eigenvalue weighted by molar-refractivity contribution is 0.489. The number of halogens is 1. The highest BCUT2D eigenvalue weighted by Gasteiger charge is 2.04. The summed E-state index contributed by atoms with van der Waals surface area (Å²) in [5, 5.41) is 8.22. The third-order valence-electron chi connectivity index (χ3n) is 1.38. The Morgan fingerprint density at radius 3 is 2.83 bits per heavy atom. The van der Waals surface area contributed by atoms with Gasteiger partial charge in [0.25, 0.3) is 0 Å². The second-order valence-electron chi connectivity index (χ2n) is 2.29. The number of nitrogens with two attached hydrogens (primary N) is 1. The van der Waals surface area contributed by atoms with Crippen molar-refractivity contribution in [2.24, 2.45) is 7.05 Å². The van der Waals surface area contributed by atoms with Crippen molar-refractivity contribution in [2.75, 3.05) is 18.2 Å². The molecule has 0 radical (unpaired) electrons. The summed E-state index contributed by atoms with van der Waals surface area (Å²) >= 11 is 1.46. The van der Waals surface area contributed by atoms with Crippen LogP contribution in [0, 0.1) is 0 Å². The van der Waals surface area contributed by atoms with E-state index in [1.807, 2.05) is 0 Å². The summed E-state index contributed by atoms with van der Waals surface area (Å²) in [4.78, 5) is 0. The molecular formula is C6H11FN4S. The molecule has 0 saturated heterocycles. The number of aromatic nitrogens is 3. The number of hydrogen-bond acceptors (Lipinski definition) is 4. The maximum atomic E-state index is 11.7. The molecule has 0 spiro atoms. The van der Waals surface area contributed by atoms with Gasteiger partial charge in [-0.3, -0.25) is 8.96 Å². The zero-order valence-electron chi connectivity index (χ0n) is 6.83. The van der Waals surface area contributed by atoms with Gasteiger partial charge in [-0.1, -0.05) is 11.8 Å². The molecule has 0 fully saturated rings. The molecule has 4 nitrogen and oxygen atoms in total. The number of rotatable bonds is 4. The molecule has 1 aromatic heterocycles. The van der Waals surface area contributed by atoms with Gasteiger partial charge in [-0.2, -0.15) is 0 Å². The zero-order chi connectivity index (χ0) is 8.97. The Labute approximate surface area is 74.3 Å². The second-order valence-corrected chi connectivity index (χ2v) is 3.35. The quantitative estimate of drug-likeness (QED) is 0.565. The summed E-state index contributed by atoms with van der Waals surface area (Å²) in [5.41, 5.74) is 5.45. The third-order valence-corrected chi connectivity index (χ3v) is 2.48. The highest BCUT2D eigenvalue weighted by molar-refractivity contribution is 7.99. The van der Waals surface area contributed by atoms with Crippen LogP contribution in [0.3, 0.4) is 0 Å². The summed E-state index contributed by atoms with van der Waals surface area (Å²) in [5.74, 6) is 1.10. The molecule has 0 aliphatic heterocycles. The first-order valence-electron chi connectivity index (χ1n) is 3.59. The Balaban J connectivity index is 2.46. The van der Waals surface area contributed by atoms with Crippen molar-refractivity contribution in [1.29, 1.82) is 0 Å². The van der Waals surface area contributed by atoms with E-state index < -0.39 is 0 Å². The molecule has 12 heavy (non-hydrogen) atoms. The predicted molar refractivity (Wildman–Crippen MR) is 46.7 cm³/mol. The predicted octanol–water partition coefficient (Wildman–Crippen LogP) is 0.849. The average molecular weight is 190 g/mol. The summed E-state index contributed by atoms with van der Waals surface area (Å²) in [6.07, 6.45) is 0.539. The normalized spacial score (nSPS) is 10.5. The number of nitrogen functional groups attached to an aromatic ring is 1. The van der Waals surface area contributed by atoms with E-state index >= 15 is 0 Å². The van der Waals surface area contributed by atoms with Crippen LogP contribution in [0.25, 0.3) is 0 Å². The van der Waals surface area contributed by atoms with Crippen LogP contribution in [-0.4, -0.2) is 27.2 Å². The van der Waals surface area contributed by atoms with Crippen LogP contribution < -0.4 is 5.73 Å². The van der Waals surface area contributed by atoms with E-state index in [0.717, 1.165) is 5.16 Å². The molecule has 68 valence electrons. The van der Waals surface area contributed by atoms with E-state index in [0.29, 0.717) is 18.1 Å². The van der Waals surface area contributed by atoms with Gasteiger partial charge in [0, 0.05) is 12.8 Å². The third kappa shape index (κ3) is 2.10. The topological polar surface area (TPSA) is 56.7 Å². The molecule has 0 aliphatic carbocycles. The maximum Gasteiger partial charge on any atom is 0.222 e. The zero-order valence-corrected chi connectivity index (χ0v) is 7.64. The summed E-state index contributed by atoms with van der Waals surface area (Å²) < 4.78 is 13.4. The first-order chi connectivity index (χ1) is 5.75. The van der Waals surface area contributed by atoms with Crippen molar-refractivity contribution in [3.63, 3.8) is 0 Å². The van der Waals surface area contributed by atoms with E-state index in [1.54, 1.807) is 11.6 Å². The van der Waals surface area contributed by atoms with Crippen molar-refractivity contribution < 1.29 is 4.39 Å². The summed E-state index contributed by atoms with van der Waals surface area (Å²) in [6, 6.07) is 0. The van der Waals surface area contributed by atoms with E-state index in [4.69, 9.17) is 5.73 Å². The van der Waals surface area contributed by atoms with Gasteiger partial charge in [-0.25, -0.2) is 0 Å². The lowest BCUT2D eigenvalue weighted by Crippen LogP contribution is -1.98. The molecule has 0 bridgehead atoms. The molecule has 6 heteroatoms.